The Hall–Kier alpha value is -3.29. The maximum atomic E-state index is 13.2. The Kier molecular flexibility index (Phi) is 5.24. The lowest BCUT2D eigenvalue weighted by Crippen LogP contribution is -2.35. The molecule has 6 nitrogen and oxygen atoms in total. The molecule has 4 rings (SSSR count). The lowest BCUT2D eigenvalue weighted by atomic mass is 10.2. The van der Waals surface area contributed by atoms with E-state index in [0.29, 0.717) is 36.7 Å². The number of rotatable bonds is 3. The van der Waals surface area contributed by atoms with Crippen molar-refractivity contribution in [3.8, 4) is 5.69 Å². The molecule has 0 spiro atoms. The highest BCUT2D eigenvalue weighted by atomic mass is 19.1. The number of carbonyl (C=O) groups excluding carboxylic acids is 1. The van der Waals surface area contributed by atoms with E-state index < -0.39 is 0 Å². The molecule has 1 aliphatic rings. The molecule has 0 N–H and O–H groups in total. The fraction of sp³-hybridized carbons (Fsp3) is 0.286. The second-order valence-electron chi connectivity index (χ2n) is 7.02. The number of anilines is 1. The molecule has 29 heavy (non-hydrogen) atoms. The van der Waals surface area contributed by atoms with E-state index in [2.05, 4.69) is 15.2 Å². The SMILES string of the molecule is Cc1c(C(=O)N2CCCN(c3ccc(F)cc3)CC2)nnn1-c1ccc(F)cc1. The van der Waals surface area contributed by atoms with Gasteiger partial charge in [0.1, 0.15) is 11.6 Å². The molecule has 0 radical (unpaired) electrons. The molecule has 0 saturated carbocycles. The summed E-state index contributed by atoms with van der Waals surface area (Å²) < 4.78 is 27.9. The molecular weight excluding hydrogens is 376 g/mol. The molecule has 0 unspecified atom stereocenters. The number of hydrogen-bond acceptors (Lipinski definition) is 4. The van der Waals surface area contributed by atoms with Crippen LogP contribution in [0.5, 0.6) is 0 Å². The molecule has 150 valence electrons. The Labute approximate surface area is 167 Å². The first-order valence-electron chi connectivity index (χ1n) is 9.51. The van der Waals surface area contributed by atoms with Crippen LogP contribution in [-0.2, 0) is 0 Å². The van der Waals surface area contributed by atoms with E-state index in [9.17, 15) is 13.6 Å². The van der Waals surface area contributed by atoms with Gasteiger partial charge in [-0.15, -0.1) is 5.10 Å². The number of hydrogen-bond donors (Lipinski definition) is 0. The molecule has 0 atom stereocenters. The maximum Gasteiger partial charge on any atom is 0.276 e. The summed E-state index contributed by atoms with van der Waals surface area (Å²) in [5, 5.41) is 8.16. The van der Waals surface area contributed by atoms with Crippen LogP contribution >= 0.6 is 0 Å². The Morgan fingerprint density at radius 2 is 1.48 bits per heavy atom. The third-order valence-corrected chi connectivity index (χ3v) is 5.14. The quantitative estimate of drug-likeness (QED) is 0.681. The van der Waals surface area contributed by atoms with Gasteiger partial charge < -0.3 is 9.80 Å². The van der Waals surface area contributed by atoms with Crippen molar-refractivity contribution >= 4 is 11.6 Å². The van der Waals surface area contributed by atoms with E-state index in [-0.39, 0.29) is 17.5 Å². The Balaban J connectivity index is 1.48. The lowest BCUT2D eigenvalue weighted by molar-refractivity contribution is 0.0760. The van der Waals surface area contributed by atoms with E-state index in [1.165, 1.54) is 28.9 Å². The van der Waals surface area contributed by atoms with Gasteiger partial charge in [0.25, 0.3) is 5.91 Å². The van der Waals surface area contributed by atoms with Gasteiger partial charge in [0.2, 0.25) is 0 Å². The number of amides is 1. The van der Waals surface area contributed by atoms with Gasteiger partial charge in [0, 0.05) is 31.9 Å². The van der Waals surface area contributed by atoms with Crippen molar-refractivity contribution in [3.05, 3.63) is 71.6 Å². The van der Waals surface area contributed by atoms with Crippen LogP contribution in [-0.4, -0.2) is 52.0 Å². The minimum absolute atomic E-state index is 0.170. The van der Waals surface area contributed by atoms with Gasteiger partial charge >= 0.3 is 0 Å². The third-order valence-electron chi connectivity index (χ3n) is 5.14. The second-order valence-corrected chi connectivity index (χ2v) is 7.02. The lowest BCUT2D eigenvalue weighted by Gasteiger charge is -2.23. The Morgan fingerprint density at radius 3 is 2.14 bits per heavy atom. The predicted molar refractivity (Wildman–Crippen MR) is 105 cm³/mol. The maximum absolute atomic E-state index is 13.2. The van der Waals surface area contributed by atoms with Crippen molar-refractivity contribution in [2.24, 2.45) is 0 Å². The van der Waals surface area contributed by atoms with Crippen molar-refractivity contribution in [1.29, 1.82) is 0 Å². The van der Waals surface area contributed by atoms with Crippen LogP contribution in [0, 0.1) is 18.6 Å². The Morgan fingerprint density at radius 1 is 0.862 bits per heavy atom. The molecule has 8 heteroatoms. The van der Waals surface area contributed by atoms with Crippen LogP contribution < -0.4 is 4.90 Å². The number of aromatic nitrogens is 3. The van der Waals surface area contributed by atoms with Gasteiger partial charge in [-0.25, -0.2) is 13.5 Å². The van der Waals surface area contributed by atoms with Crippen LogP contribution in [0.4, 0.5) is 14.5 Å². The molecule has 0 bridgehead atoms. The smallest absolute Gasteiger partial charge is 0.276 e. The summed E-state index contributed by atoms with van der Waals surface area (Å²) in [6.07, 6.45) is 0.800. The highest BCUT2D eigenvalue weighted by Gasteiger charge is 2.25. The molecule has 1 saturated heterocycles. The van der Waals surface area contributed by atoms with E-state index in [1.807, 2.05) is 0 Å². The van der Waals surface area contributed by atoms with E-state index in [1.54, 1.807) is 36.1 Å². The van der Waals surface area contributed by atoms with Gasteiger partial charge in [0.05, 0.1) is 11.4 Å². The molecule has 1 fully saturated rings. The summed E-state index contributed by atoms with van der Waals surface area (Å²) in [5.74, 6) is -0.769. The predicted octanol–water partition coefficient (Wildman–Crippen LogP) is 3.21. The van der Waals surface area contributed by atoms with E-state index >= 15 is 0 Å². The van der Waals surface area contributed by atoms with Crippen LogP contribution in [0.1, 0.15) is 22.6 Å². The summed E-state index contributed by atoms with van der Waals surface area (Å²) in [7, 11) is 0. The van der Waals surface area contributed by atoms with E-state index in [4.69, 9.17) is 0 Å². The first-order chi connectivity index (χ1) is 14.0. The standard InChI is InChI=1S/C21H21F2N5O/c1-15-20(24-25-28(15)19-9-5-17(23)6-10-19)21(29)27-12-2-11-26(13-14-27)18-7-3-16(22)4-8-18/h3-10H,2,11-14H2,1H3. The van der Waals surface area contributed by atoms with Gasteiger partial charge in [0.15, 0.2) is 5.69 Å². The van der Waals surface area contributed by atoms with Crippen molar-refractivity contribution in [1.82, 2.24) is 19.9 Å². The molecule has 3 aromatic rings. The summed E-state index contributed by atoms with van der Waals surface area (Å²) >= 11 is 0. The zero-order chi connectivity index (χ0) is 20.4. The summed E-state index contributed by atoms with van der Waals surface area (Å²) in [4.78, 5) is 17.0. The van der Waals surface area contributed by atoms with Crippen LogP contribution in [0.3, 0.4) is 0 Å². The van der Waals surface area contributed by atoms with E-state index in [0.717, 1.165) is 18.7 Å². The molecule has 1 aliphatic heterocycles. The molecule has 1 amide bonds. The average molecular weight is 397 g/mol. The van der Waals surface area contributed by atoms with Crippen molar-refractivity contribution in [2.45, 2.75) is 13.3 Å². The Bertz CT molecular complexity index is 1000. The highest BCUT2D eigenvalue weighted by Crippen LogP contribution is 2.19. The first-order valence-corrected chi connectivity index (χ1v) is 9.51. The van der Waals surface area contributed by atoms with Crippen molar-refractivity contribution in [2.75, 3.05) is 31.1 Å². The van der Waals surface area contributed by atoms with Crippen molar-refractivity contribution < 1.29 is 13.6 Å². The summed E-state index contributed by atoms with van der Waals surface area (Å²) in [6, 6.07) is 12.3. The zero-order valence-electron chi connectivity index (χ0n) is 16.1. The number of nitrogens with zero attached hydrogens (tertiary/aromatic N) is 5. The largest absolute Gasteiger partial charge is 0.370 e. The van der Waals surface area contributed by atoms with Crippen LogP contribution in [0.2, 0.25) is 0 Å². The average Bonchev–Trinajstić information content (AvgIpc) is 2.95. The van der Waals surface area contributed by atoms with Gasteiger partial charge in [-0.05, 0) is 61.9 Å². The van der Waals surface area contributed by atoms with Gasteiger partial charge in [-0.1, -0.05) is 5.21 Å². The molecule has 2 aromatic carbocycles. The second kappa shape index (κ2) is 7.98. The number of carbonyl (C=O) groups is 1. The molecule has 2 heterocycles. The minimum atomic E-state index is -0.335. The summed E-state index contributed by atoms with van der Waals surface area (Å²) in [6.45, 7) is 4.37. The molecule has 0 aliphatic carbocycles. The zero-order valence-corrected chi connectivity index (χ0v) is 16.1. The van der Waals surface area contributed by atoms with Gasteiger partial charge in [-0.2, -0.15) is 0 Å². The fourth-order valence-electron chi connectivity index (χ4n) is 3.53. The first kappa shape index (κ1) is 19.0. The normalized spacial score (nSPS) is 14.7. The number of halogens is 2. The van der Waals surface area contributed by atoms with Gasteiger partial charge in [-0.3, -0.25) is 4.79 Å². The fourth-order valence-corrected chi connectivity index (χ4v) is 3.53. The molecule has 1 aromatic heterocycles. The van der Waals surface area contributed by atoms with Crippen molar-refractivity contribution in [3.63, 3.8) is 0 Å². The monoisotopic (exact) mass is 397 g/mol. The minimum Gasteiger partial charge on any atom is -0.370 e. The summed E-state index contributed by atoms with van der Waals surface area (Å²) in [5.41, 5.74) is 2.50. The third kappa shape index (κ3) is 3.96. The highest BCUT2D eigenvalue weighted by molar-refractivity contribution is 5.93. The number of benzene rings is 2. The van der Waals surface area contributed by atoms with Crippen LogP contribution in [0.25, 0.3) is 5.69 Å². The van der Waals surface area contributed by atoms with Crippen LogP contribution in [0.15, 0.2) is 48.5 Å². The molecular formula is C21H21F2N5O. The topological polar surface area (TPSA) is 54.3 Å².